The molecule has 1 fully saturated rings. The molecule has 0 radical (unpaired) electrons. The smallest absolute Gasteiger partial charge is 0.158 e. The lowest BCUT2D eigenvalue weighted by molar-refractivity contribution is 0.0398. The van der Waals surface area contributed by atoms with Crippen molar-refractivity contribution in [1.29, 1.82) is 0 Å². The summed E-state index contributed by atoms with van der Waals surface area (Å²) in [5.74, 6) is 0.780. The van der Waals surface area contributed by atoms with Gasteiger partial charge in [-0.2, -0.15) is 5.10 Å². The predicted molar refractivity (Wildman–Crippen MR) is 134 cm³/mol. The number of nitrogens with one attached hydrogen (secondary N) is 2. The van der Waals surface area contributed by atoms with Gasteiger partial charge >= 0.3 is 0 Å². The second-order valence-corrected chi connectivity index (χ2v) is 9.00. The Morgan fingerprint density at radius 2 is 1.97 bits per heavy atom. The number of aryl methyl sites for hydroxylation is 1. The van der Waals surface area contributed by atoms with E-state index in [1.165, 1.54) is 0 Å². The van der Waals surface area contributed by atoms with Crippen LogP contribution in [0.3, 0.4) is 0 Å². The van der Waals surface area contributed by atoms with Crippen LogP contribution in [0.25, 0.3) is 33.7 Å². The Balaban J connectivity index is 1.51. The maximum atomic E-state index is 5.45. The average molecular weight is 541 g/mol. The van der Waals surface area contributed by atoms with Crippen molar-refractivity contribution < 1.29 is 4.74 Å². The third-order valence-corrected chi connectivity index (χ3v) is 6.09. The molecule has 8 nitrogen and oxygen atoms in total. The SMILES string of the molecule is Cc1cccc(-c2[nH]nc(NCCN3CCOCC3)c2-c2ccc3ncc(I)cc3n2)n1. The van der Waals surface area contributed by atoms with Crippen LogP contribution in [0.15, 0.2) is 42.6 Å². The second-order valence-electron chi connectivity index (χ2n) is 7.76. The van der Waals surface area contributed by atoms with Crippen molar-refractivity contribution in [3.63, 3.8) is 0 Å². The summed E-state index contributed by atoms with van der Waals surface area (Å²) >= 11 is 2.26. The van der Waals surface area contributed by atoms with Crippen LogP contribution in [-0.4, -0.2) is 69.4 Å². The average Bonchev–Trinajstić information content (AvgIpc) is 3.23. The first-order valence-electron chi connectivity index (χ1n) is 10.7. The summed E-state index contributed by atoms with van der Waals surface area (Å²) in [6, 6.07) is 12.0. The van der Waals surface area contributed by atoms with Crippen molar-refractivity contribution in [3.8, 4) is 22.6 Å². The molecule has 0 atom stereocenters. The van der Waals surface area contributed by atoms with Crippen molar-refractivity contribution in [2.45, 2.75) is 6.92 Å². The van der Waals surface area contributed by atoms with E-state index in [1.54, 1.807) is 0 Å². The Labute approximate surface area is 200 Å². The van der Waals surface area contributed by atoms with Gasteiger partial charge in [-0.25, -0.2) is 4.98 Å². The molecule has 0 aromatic carbocycles. The number of fused-ring (bicyclic) bond motifs is 1. The van der Waals surface area contributed by atoms with Gasteiger partial charge in [0.15, 0.2) is 5.82 Å². The Bertz CT molecular complexity index is 1240. The number of pyridine rings is 3. The Morgan fingerprint density at radius 1 is 1.09 bits per heavy atom. The number of aromatic nitrogens is 5. The van der Waals surface area contributed by atoms with Crippen molar-refractivity contribution in [3.05, 3.63) is 51.9 Å². The highest BCUT2D eigenvalue weighted by atomic mass is 127. The lowest BCUT2D eigenvalue weighted by Crippen LogP contribution is -2.39. The van der Waals surface area contributed by atoms with Crippen LogP contribution in [0.5, 0.6) is 0 Å². The molecule has 9 heteroatoms. The fraction of sp³-hybridized carbons (Fsp3) is 0.304. The zero-order chi connectivity index (χ0) is 21.9. The van der Waals surface area contributed by atoms with Crippen LogP contribution in [0.2, 0.25) is 0 Å². The van der Waals surface area contributed by atoms with Gasteiger partial charge in [0.1, 0.15) is 0 Å². The normalized spacial score (nSPS) is 14.7. The van der Waals surface area contributed by atoms with E-state index < -0.39 is 0 Å². The summed E-state index contributed by atoms with van der Waals surface area (Å²) in [6.07, 6.45) is 1.85. The summed E-state index contributed by atoms with van der Waals surface area (Å²) in [6.45, 7) is 7.22. The first-order valence-corrected chi connectivity index (χ1v) is 11.7. The maximum Gasteiger partial charge on any atom is 0.158 e. The fourth-order valence-electron chi connectivity index (χ4n) is 3.87. The zero-order valence-corrected chi connectivity index (χ0v) is 20.0. The van der Waals surface area contributed by atoms with E-state index in [1.807, 2.05) is 49.5 Å². The highest BCUT2D eigenvalue weighted by molar-refractivity contribution is 14.1. The molecule has 0 bridgehead atoms. The molecule has 4 aromatic rings. The molecule has 0 spiro atoms. The molecule has 5 heterocycles. The van der Waals surface area contributed by atoms with Crippen LogP contribution < -0.4 is 5.32 Å². The van der Waals surface area contributed by atoms with Gasteiger partial charge in [-0.05, 0) is 59.8 Å². The molecular weight excluding hydrogens is 517 g/mol. The van der Waals surface area contributed by atoms with Gasteiger partial charge in [0.25, 0.3) is 0 Å². The largest absolute Gasteiger partial charge is 0.379 e. The van der Waals surface area contributed by atoms with Gasteiger partial charge in [-0.3, -0.25) is 20.0 Å². The zero-order valence-electron chi connectivity index (χ0n) is 17.8. The van der Waals surface area contributed by atoms with Gasteiger partial charge in [0.05, 0.1) is 46.9 Å². The van der Waals surface area contributed by atoms with Crippen molar-refractivity contribution in [2.24, 2.45) is 0 Å². The molecule has 0 unspecified atom stereocenters. The van der Waals surface area contributed by atoms with Crippen LogP contribution >= 0.6 is 22.6 Å². The Kier molecular flexibility index (Phi) is 6.28. The van der Waals surface area contributed by atoms with Crippen LogP contribution in [0, 0.1) is 10.5 Å². The first kappa shape index (κ1) is 21.2. The Morgan fingerprint density at radius 3 is 2.81 bits per heavy atom. The summed E-state index contributed by atoms with van der Waals surface area (Å²) in [5, 5.41) is 11.3. The molecule has 4 aromatic heterocycles. The summed E-state index contributed by atoms with van der Waals surface area (Å²) in [4.78, 5) is 16.5. The molecule has 1 saturated heterocycles. The first-order chi connectivity index (χ1) is 15.7. The number of halogens is 1. The van der Waals surface area contributed by atoms with E-state index in [0.717, 1.165) is 88.2 Å². The maximum absolute atomic E-state index is 5.45. The number of H-pyrrole nitrogens is 1. The lowest BCUT2D eigenvalue weighted by atomic mass is 10.1. The molecule has 32 heavy (non-hydrogen) atoms. The quantitative estimate of drug-likeness (QED) is 0.360. The molecule has 0 saturated carbocycles. The van der Waals surface area contributed by atoms with Crippen LogP contribution in [0.1, 0.15) is 5.69 Å². The van der Waals surface area contributed by atoms with Crippen LogP contribution in [-0.2, 0) is 4.74 Å². The van der Waals surface area contributed by atoms with Gasteiger partial charge in [-0.15, -0.1) is 0 Å². The number of anilines is 1. The van der Waals surface area contributed by atoms with Crippen molar-refractivity contribution >= 4 is 39.4 Å². The number of aromatic amines is 1. The monoisotopic (exact) mass is 541 g/mol. The molecule has 164 valence electrons. The number of nitrogens with zero attached hydrogens (tertiary/aromatic N) is 5. The number of ether oxygens (including phenoxy) is 1. The third kappa shape index (κ3) is 4.59. The molecule has 1 aliphatic heterocycles. The topological polar surface area (TPSA) is 91.9 Å². The van der Waals surface area contributed by atoms with Crippen molar-refractivity contribution in [1.82, 2.24) is 30.0 Å². The second kappa shape index (κ2) is 9.47. The molecule has 2 N–H and O–H groups in total. The van der Waals surface area contributed by atoms with Gasteiger partial charge in [0.2, 0.25) is 0 Å². The van der Waals surface area contributed by atoms with Gasteiger partial charge in [-0.1, -0.05) is 6.07 Å². The Hall–Kier alpha value is -2.63. The predicted octanol–water partition coefficient (Wildman–Crippen LogP) is 3.74. The van der Waals surface area contributed by atoms with E-state index in [2.05, 4.69) is 48.0 Å². The van der Waals surface area contributed by atoms with E-state index >= 15 is 0 Å². The van der Waals surface area contributed by atoms with E-state index in [-0.39, 0.29) is 0 Å². The van der Waals surface area contributed by atoms with Gasteiger partial charge < -0.3 is 10.1 Å². The number of morpholine rings is 1. The summed E-state index contributed by atoms with van der Waals surface area (Å²) in [7, 11) is 0. The summed E-state index contributed by atoms with van der Waals surface area (Å²) in [5.41, 5.74) is 6.14. The van der Waals surface area contributed by atoms with E-state index in [9.17, 15) is 0 Å². The molecule has 1 aliphatic rings. The minimum Gasteiger partial charge on any atom is -0.379 e. The minimum absolute atomic E-state index is 0.780. The fourth-order valence-corrected chi connectivity index (χ4v) is 4.30. The molecular formula is C23H24IN7O. The minimum atomic E-state index is 0.780. The molecule has 0 aliphatic carbocycles. The highest BCUT2D eigenvalue weighted by Gasteiger charge is 2.20. The van der Waals surface area contributed by atoms with Crippen molar-refractivity contribution in [2.75, 3.05) is 44.7 Å². The number of rotatable bonds is 6. The third-order valence-electron chi connectivity index (χ3n) is 5.50. The van der Waals surface area contributed by atoms with E-state index in [0.29, 0.717) is 0 Å². The summed E-state index contributed by atoms with van der Waals surface area (Å²) < 4.78 is 6.50. The van der Waals surface area contributed by atoms with Crippen LogP contribution in [0.4, 0.5) is 5.82 Å². The number of hydrogen-bond donors (Lipinski definition) is 2. The van der Waals surface area contributed by atoms with E-state index in [4.69, 9.17) is 14.7 Å². The van der Waals surface area contributed by atoms with Gasteiger partial charge in [0, 0.05) is 41.6 Å². The molecule has 5 rings (SSSR count). The highest BCUT2D eigenvalue weighted by Crippen LogP contribution is 2.35. The molecule has 0 amide bonds. The standard InChI is InChI=1S/C23H24IN7O/c1-15-3-2-4-19(27-15)22-21(18-6-5-17-20(28-18)13-16(24)14-26-17)23(30-29-22)25-7-8-31-9-11-32-12-10-31/h2-6,13-14H,7-12H2,1H3,(H2,25,29,30). The number of hydrogen-bond acceptors (Lipinski definition) is 7. The lowest BCUT2D eigenvalue weighted by Gasteiger charge is -2.26.